The smallest absolute Gasteiger partial charge is 0.183 e. The highest BCUT2D eigenvalue weighted by molar-refractivity contribution is 7.14. The van der Waals surface area contributed by atoms with E-state index in [2.05, 4.69) is 29.4 Å². The van der Waals surface area contributed by atoms with Crippen LogP contribution in [0.4, 0.5) is 0 Å². The molecular formula is C11H15N3OS. The predicted octanol–water partition coefficient (Wildman–Crippen LogP) is 2.60. The molecule has 2 rings (SSSR count). The van der Waals surface area contributed by atoms with Gasteiger partial charge in [0.25, 0.3) is 0 Å². The van der Waals surface area contributed by atoms with E-state index in [0.29, 0.717) is 6.04 Å². The third-order valence-corrected chi connectivity index (χ3v) is 3.02. The van der Waals surface area contributed by atoms with Gasteiger partial charge in [0.05, 0.1) is 0 Å². The van der Waals surface area contributed by atoms with Crippen molar-refractivity contribution in [3.8, 4) is 10.8 Å². The monoisotopic (exact) mass is 237 g/mol. The molecule has 0 bridgehead atoms. The first-order valence-corrected chi connectivity index (χ1v) is 6.09. The first-order chi connectivity index (χ1) is 7.65. The van der Waals surface area contributed by atoms with E-state index >= 15 is 0 Å². The molecule has 0 amide bonds. The summed E-state index contributed by atoms with van der Waals surface area (Å²) in [5, 5.41) is 13.4. The molecule has 16 heavy (non-hydrogen) atoms. The van der Waals surface area contributed by atoms with E-state index < -0.39 is 0 Å². The third kappa shape index (κ3) is 2.68. The summed E-state index contributed by atoms with van der Waals surface area (Å²) in [6.07, 6.45) is 0. The lowest BCUT2D eigenvalue weighted by molar-refractivity contribution is 0.547. The summed E-state index contributed by atoms with van der Waals surface area (Å²) in [7, 11) is 0. The van der Waals surface area contributed by atoms with Crippen molar-refractivity contribution in [2.75, 3.05) is 0 Å². The summed E-state index contributed by atoms with van der Waals surface area (Å²) in [6.45, 7) is 6.90. The van der Waals surface area contributed by atoms with E-state index in [1.807, 2.05) is 19.1 Å². The fraction of sp³-hybridized carbons (Fsp3) is 0.455. The Bertz CT molecular complexity index is 461. The van der Waals surface area contributed by atoms with E-state index in [9.17, 15) is 0 Å². The molecule has 86 valence electrons. The minimum absolute atomic E-state index is 0.457. The van der Waals surface area contributed by atoms with Crippen LogP contribution in [-0.2, 0) is 6.54 Å². The van der Waals surface area contributed by atoms with Gasteiger partial charge < -0.3 is 9.73 Å². The van der Waals surface area contributed by atoms with Crippen LogP contribution in [0.1, 0.15) is 24.6 Å². The second kappa shape index (κ2) is 4.76. The van der Waals surface area contributed by atoms with Crippen LogP contribution >= 0.6 is 11.3 Å². The van der Waals surface area contributed by atoms with Gasteiger partial charge in [-0.15, -0.1) is 10.2 Å². The van der Waals surface area contributed by atoms with Gasteiger partial charge in [-0.3, -0.25) is 0 Å². The van der Waals surface area contributed by atoms with Gasteiger partial charge in [0, 0.05) is 12.6 Å². The quantitative estimate of drug-likeness (QED) is 0.888. The van der Waals surface area contributed by atoms with Crippen molar-refractivity contribution in [3.05, 3.63) is 22.9 Å². The molecule has 5 heteroatoms. The molecule has 0 aliphatic carbocycles. The number of nitrogens with one attached hydrogen (secondary N) is 1. The average molecular weight is 237 g/mol. The second-order valence-electron chi connectivity index (χ2n) is 3.95. The van der Waals surface area contributed by atoms with Crippen molar-refractivity contribution < 1.29 is 4.42 Å². The Morgan fingerprint density at radius 3 is 2.81 bits per heavy atom. The van der Waals surface area contributed by atoms with E-state index in [0.717, 1.165) is 28.1 Å². The largest absolute Gasteiger partial charge is 0.459 e. The van der Waals surface area contributed by atoms with Crippen molar-refractivity contribution in [2.45, 2.75) is 33.4 Å². The first-order valence-electron chi connectivity index (χ1n) is 5.27. The molecule has 0 unspecified atom stereocenters. The van der Waals surface area contributed by atoms with Crippen LogP contribution in [0, 0.1) is 6.92 Å². The fourth-order valence-corrected chi connectivity index (χ4v) is 2.02. The van der Waals surface area contributed by atoms with Crippen molar-refractivity contribution >= 4 is 11.3 Å². The molecule has 2 aromatic heterocycles. The highest BCUT2D eigenvalue weighted by Crippen LogP contribution is 2.25. The van der Waals surface area contributed by atoms with Crippen LogP contribution in [0.15, 0.2) is 16.5 Å². The maximum atomic E-state index is 5.50. The molecule has 0 atom stereocenters. The molecule has 0 radical (unpaired) electrons. The van der Waals surface area contributed by atoms with Crippen molar-refractivity contribution in [1.82, 2.24) is 15.5 Å². The Labute approximate surface area is 98.7 Å². The van der Waals surface area contributed by atoms with Crippen LogP contribution in [0.25, 0.3) is 10.8 Å². The molecular weight excluding hydrogens is 222 g/mol. The van der Waals surface area contributed by atoms with Crippen LogP contribution < -0.4 is 5.32 Å². The molecule has 0 aromatic carbocycles. The average Bonchev–Trinajstić information content (AvgIpc) is 2.83. The molecule has 0 saturated carbocycles. The molecule has 4 nitrogen and oxygen atoms in total. The zero-order valence-electron chi connectivity index (χ0n) is 9.65. The lowest BCUT2D eigenvalue weighted by atomic mass is 10.4. The van der Waals surface area contributed by atoms with Gasteiger partial charge in [-0.1, -0.05) is 25.2 Å². The summed E-state index contributed by atoms with van der Waals surface area (Å²) >= 11 is 1.56. The normalized spacial score (nSPS) is 11.2. The summed E-state index contributed by atoms with van der Waals surface area (Å²) in [6, 6.07) is 4.32. The standard InChI is InChI=1S/C11H15N3OS/c1-7(2)12-6-10-13-14-11(16-10)9-5-4-8(3)15-9/h4-5,7,12H,6H2,1-3H3. The van der Waals surface area contributed by atoms with Crippen molar-refractivity contribution in [2.24, 2.45) is 0 Å². The van der Waals surface area contributed by atoms with Gasteiger partial charge in [0.1, 0.15) is 10.8 Å². The zero-order chi connectivity index (χ0) is 11.5. The van der Waals surface area contributed by atoms with Gasteiger partial charge in [-0.25, -0.2) is 0 Å². The number of hydrogen-bond donors (Lipinski definition) is 1. The lowest BCUT2D eigenvalue weighted by Gasteiger charge is -2.03. The van der Waals surface area contributed by atoms with Crippen molar-refractivity contribution in [1.29, 1.82) is 0 Å². The fourth-order valence-electron chi connectivity index (χ4n) is 1.27. The molecule has 2 heterocycles. The topological polar surface area (TPSA) is 51.0 Å². The minimum Gasteiger partial charge on any atom is -0.459 e. The highest BCUT2D eigenvalue weighted by atomic mass is 32.1. The number of aryl methyl sites for hydroxylation is 1. The Hall–Kier alpha value is -1.20. The molecule has 0 aliphatic heterocycles. The van der Waals surface area contributed by atoms with Crippen LogP contribution in [0.3, 0.4) is 0 Å². The van der Waals surface area contributed by atoms with Crippen molar-refractivity contribution in [3.63, 3.8) is 0 Å². The van der Waals surface area contributed by atoms with Crippen LogP contribution in [0.2, 0.25) is 0 Å². The molecule has 0 fully saturated rings. The molecule has 2 aromatic rings. The Morgan fingerprint density at radius 1 is 1.38 bits per heavy atom. The number of nitrogens with zero attached hydrogens (tertiary/aromatic N) is 2. The maximum Gasteiger partial charge on any atom is 0.183 e. The Kier molecular flexibility index (Phi) is 3.36. The summed E-state index contributed by atoms with van der Waals surface area (Å²) in [4.78, 5) is 0. The second-order valence-corrected chi connectivity index (χ2v) is 5.01. The van der Waals surface area contributed by atoms with Gasteiger partial charge in [0.2, 0.25) is 0 Å². The highest BCUT2D eigenvalue weighted by Gasteiger charge is 2.09. The summed E-state index contributed by atoms with van der Waals surface area (Å²) < 4.78 is 5.50. The van der Waals surface area contributed by atoms with E-state index in [-0.39, 0.29) is 0 Å². The molecule has 0 saturated heterocycles. The van der Waals surface area contributed by atoms with E-state index in [1.165, 1.54) is 0 Å². The van der Waals surface area contributed by atoms with Gasteiger partial charge in [-0.05, 0) is 19.1 Å². The minimum atomic E-state index is 0.457. The number of rotatable bonds is 4. The van der Waals surface area contributed by atoms with E-state index in [4.69, 9.17) is 4.42 Å². The number of aromatic nitrogens is 2. The van der Waals surface area contributed by atoms with Gasteiger partial charge >= 0.3 is 0 Å². The predicted molar refractivity (Wildman–Crippen MR) is 64.3 cm³/mol. The SMILES string of the molecule is Cc1ccc(-c2nnc(CNC(C)C)s2)o1. The van der Waals surface area contributed by atoms with Gasteiger partial charge in [0.15, 0.2) is 10.8 Å². The summed E-state index contributed by atoms with van der Waals surface area (Å²) in [5.74, 6) is 1.69. The lowest BCUT2D eigenvalue weighted by Crippen LogP contribution is -2.21. The van der Waals surface area contributed by atoms with Crippen LogP contribution in [0.5, 0.6) is 0 Å². The Morgan fingerprint density at radius 2 is 2.19 bits per heavy atom. The summed E-state index contributed by atoms with van der Waals surface area (Å²) in [5.41, 5.74) is 0. The number of hydrogen-bond acceptors (Lipinski definition) is 5. The van der Waals surface area contributed by atoms with Crippen LogP contribution in [-0.4, -0.2) is 16.2 Å². The molecule has 1 N–H and O–H groups in total. The molecule has 0 spiro atoms. The maximum absolute atomic E-state index is 5.50. The third-order valence-electron chi connectivity index (χ3n) is 2.08. The van der Waals surface area contributed by atoms with E-state index in [1.54, 1.807) is 11.3 Å². The van der Waals surface area contributed by atoms with Gasteiger partial charge in [-0.2, -0.15) is 0 Å². The zero-order valence-corrected chi connectivity index (χ0v) is 10.5. The first kappa shape index (κ1) is 11.3. The number of furan rings is 1. The Balaban J connectivity index is 2.07. The molecule has 0 aliphatic rings.